The molecule has 0 rings (SSSR count). The molecule has 0 spiro atoms. The topological polar surface area (TPSA) is 26.3 Å². The lowest BCUT2D eigenvalue weighted by molar-refractivity contribution is -0.128. The van der Waals surface area contributed by atoms with E-state index in [1.165, 1.54) is 0 Å². The molecule has 0 aliphatic heterocycles. The Morgan fingerprint density at radius 1 is 1.38 bits per heavy atom. The number of carbonyl (C=O) groups is 1. The maximum Gasteiger partial charge on any atom is 0.351 e. The standard InChI is InChI=1S/C2I4O2/c3-2(4,5)1(7)8-6. The van der Waals surface area contributed by atoms with Crippen LogP contribution in [0.5, 0.6) is 0 Å². The molecule has 0 aromatic carbocycles. The van der Waals surface area contributed by atoms with Gasteiger partial charge in [-0.2, -0.15) is 0 Å². The summed E-state index contributed by atoms with van der Waals surface area (Å²) >= 11 is 7.56. The lowest BCUT2D eigenvalue weighted by Gasteiger charge is -2.05. The van der Waals surface area contributed by atoms with E-state index >= 15 is 0 Å². The van der Waals surface area contributed by atoms with E-state index in [9.17, 15) is 4.79 Å². The SMILES string of the molecule is O=C(OI)C(I)(I)I. The van der Waals surface area contributed by atoms with Crippen molar-refractivity contribution >= 4 is 96.7 Å². The molecule has 0 amide bonds. The molecule has 0 saturated heterocycles. The van der Waals surface area contributed by atoms with E-state index in [0.717, 1.165) is 0 Å². The van der Waals surface area contributed by atoms with E-state index < -0.39 is -0.565 Å². The molecule has 0 unspecified atom stereocenters. The summed E-state index contributed by atoms with van der Waals surface area (Å²) in [6, 6.07) is 0. The highest BCUT2D eigenvalue weighted by Crippen LogP contribution is 2.37. The summed E-state index contributed by atoms with van der Waals surface area (Å²) in [7, 11) is 0. The van der Waals surface area contributed by atoms with Gasteiger partial charge in [0.25, 0.3) is 0 Å². The second kappa shape index (κ2) is 4.31. The Morgan fingerprint density at radius 2 is 1.75 bits per heavy atom. The Balaban J connectivity index is 3.82. The van der Waals surface area contributed by atoms with Gasteiger partial charge in [0.2, 0.25) is -0.565 Å². The zero-order chi connectivity index (χ0) is 6.78. The van der Waals surface area contributed by atoms with Crippen LogP contribution >= 0.6 is 90.8 Å². The van der Waals surface area contributed by atoms with Gasteiger partial charge in [-0.15, -0.1) is 0 Å². The third-order valence-corrected chi connectivity index (χ3v) is 2.02. The van der Waals surface area contributed by atoms with Gasteiger partial charge >= 0.3 is 5.97 Å². The Morgan fingerprint density at radius 3 is 1.75 bits per heavy atom. The molecule has 0 aliphatic rings. The second-order valence-electron chi connectivity index (χ2n) is 0.862. The summed E-state index contributed by atoms with van der Waals surface area (Å²) in [5.74, 6) is -0.222. The molecule has 0 atom stereocenters. The Bertz CT molecular complexity index is 94.7. The maximum atomic E-state index is 10.6. The van der Waals surface area contributed by atoms with E-state index in [1.807, 2.05) is 67.8 Å². The number of hydrogen-bond donors (Lipinski definition) is 0. The van der Waals surface area contributed by atoms with Crippen LogP contribution in [-0.4, -0.2) is 5.40 Å². The Hall–Kier alpha value is 2.39. The molecule has 0 N–H and O–H groups in total. The van der Waals surface area contributed by atoms with Crippen LogP contribution in [0.2, 0.25) is 0 Å². The molecule has 0 fully saturated rings. The van der Waals surface area contributed by atoms with Gasteiger partial charge in [0.1, 0.15) is 0 Å². The number of hydrogen-bond acceptors (Lipinski definition) is 2. The molecular weight excluding hydrogens is 564 g/mol. The van der Waals surface area contributed by atoms with Crippen LogP contribution in [0.4, 0.5) is 0 Å². The van der Waals surface area contributed by atoms with Gasteiger partial charge in [-0.05, 0) is 67.8 Å². The molecule has 0 heterocycles. The average Bonchev–Trinajstić information content (AvgIpc) is 1.62. The summed E-state index contributed by atoms with van der Waals surface area (Å²) in [4.78, 5) is 10.6. The number of halogens is 4. The van der Waals surface area contributed by atoms with Gasteiger partial charge in [0, 0.05) is 0 Å². The van der Waals surface area contributed by atoms with Gasteiger partial charge in [-0.1, -0.05) is 0 Å². The molecule has 0 bridgehead atoms. The van der Waals surface area contributed by atoms with Gasteiger partial charge in [0.05, 0.1) is 0 Å². The monoisotopic (exact) mass is 564 g/mol. The summed E-state index contributed by atoms with van der Waals surface area (Å²) in [6.07, 6.45) is 0. The molecule has 0 aromatic rings. The zero-order valence-electron chi connectivity index (χ0n) is 3.33. The van der Waals surface area contributed by atoms with E-state index in [2.05, 4.69) is 3.07 Å². The number of rotatable bonds is 1. The van der Waals surface area contributed by atoms with Crippen molar-refractivity contribution < 1.29 is 7.86 Å². The van der Waals surface area contributed by atoms with Crippen LogP contribution in [0.1, 0.15) is 0 Å². The second-order valence-corrected chi connectivity index (χ2v) is 12.3. The minimum Gasteiger partial charge on any atom is -0.392 e. The van der Waals surface area contributed by atoms with Crippen molar-refractivity contribution in [1.82, 2.24) is 0 Å². The normalized spacial score (nSPS) is 11.0. The highest BCUT2D eigenvalue weighted by atomic mass is 127. The van der Waals surface area contributed by atoms with Gasteiger partial charge in [0.15, 0.2) is 23.0 Å². The molecule has 8 heavy (non-hydrogen) atoms. The average molecular weight is 564 g/mol. The zero-order valence-corrected chi connectivity index (χ0v) is 12.0. The molecule has 0 aliphatic carbocycles. The molecule has 0 saturated carbocycles. The number of alkyl halides is 3. The number of carbonyl (C=O) groups excluding carboxylic acids is 1. The molecule has 0 aromatic heterocycles. The predicted molar refractivity (Wildman–Crippen MR) is 64.9 cm³/mol. The molecular formula is C2I4O2. The fraction of sp³-hybridized carbons (Fsp3) is 0.500. The van der Waals surface area contributed by atoms with Crippen molar-refractivity contribution in [2.24, 2.45) is 0 Å². The van der Waals surface area contributed by atoms with Crippen LogP contribution in [0.3, 0.4) is 0 Å². The summed E-state index contributed by atoms with van der Waals surface area (Å²) < 4.78 is 3.97. The molecule has 48 valence electrons. The van der Waals surface area contributed by atoms with Crippen LogP contribution in [0, 0.1) is 0 Å². The van der Waals surface area contributed by atoms with Gasteiger partial charge in [-0.3, -0.25) is 0 Å². The first kappa shape index (κ1) is 10.4. The van der Waals surface area contributed by atoms with E-state index in [4.69, 9.17) is 0 Å². The predicted octanol–water partition coefficient (Wildman–Crippen LogP) is 2.84. The first-order chi connectivity index (χ1) is 3.48. The van der Waals surface area contributed by atoms with Crippen molar-refractivity contribution in [3.63, 3.8) is 0 Å². The highest BCUT2D eigenvalue weighted by molar-refractivity contribution is 14.3. The van der Waals surface area contributed by atoms with Crippen LogP contribution in [0.15, 0.2) is 0 Å². The van der Waals surface area contributed by atoms with Crippen LogP contribution < -0.4 is 0 Å². The van der Waals surface area contributed by atoms with Gasteiger partial charge in [-0.25, -0.2) is 4.79 Å². The van der Waals surface area contributed by atoms with E-state index in [-0.39, 0.29) is 5.97 Å². The summed E-state index contributed by atoms with van der Waals surface area (Å²) in [5.41, 5.74) is 0. The summed E-state index contributed by atoms with van der Waals surface area (Å²) in [5, 5.41) is 0. The van der Waals surface area contributed by atoms with Crippen LogP contribution in [0.25, 0.3) is 0 Å². The maximum absolute atomic E-state index is 10.6. The third-order valence-electron chi connectivity index (χ3n) is 0.302. The largest absolute Gasteiger partial charge is 0.392 e. The summed E-state index contributed by atoms with van der Waals surface area (Å²) in [6.45, 7) is 0. The molecule has 2 nitrogen and oxygen atoms in total. The minimum absolute atomic E-state index is 0.222. The van der Waals surface area contributed by atoms with E-state index in [1.54, 1.807) is 23.0 Å². The lowest BCUT2D eigenvalue weighted by atomic mass is 10.8. The van der Waals surface area contributed by atoms with Gasteiger partial charge < -0.3 is 3.07 Å². The first-order valence-electron chi connectivity index (χ1n) is 1.38. The highest BCUT2D eigenvalue weighted by Gasteiger charge is 2.29. The van der Waals surface area contributed by atoms with Crippen molar-refractivity contribution in [3.05, 3.63) is 0 Å². The van der Waals surface area contributed by atoms with Crippen molar-refractivity contribution in [3.8, 4) is 0 Å². The smallest absolute Gasteiger partial charge is 0.351 e. The quantitative estimate of drug-likeness (QED) is 0.363. The van der Waals surface area contributed by atoms with Crippen molar-refractivity contribution in [2.45, 2.75) is -0.565 Å². The third kappa shape index (κ3) is 4.24. The fourth-order valence-electron chi connectivity index (χ4n) is 0.0437. The Labute approximate surface area is 102 Å². The van der Waals surface area contributed by atoms with Crippen molar-refractivity contribution in [2.75, 3.05) is 0 Å². The van der Waals surface area contributed by atoms with E-state index in [0.29, 0.717) is 0 Å². The lowest BCUT2D eigenvalue weighted by Crippen LogP contribution is -2.15. The molecule has 6 heteroatoms. The fourth-order valence-corrected chi connectivity index (χ4v) is 1.97. The Kier molecular flexibility index (Phi) is 5.59. The first-order valence-corrected chi connectivity index (χ1v) is 5.50. The minimum atomic E-state index is -0.450. The van der Waals surface area contributed by atoms with Crippen molar-refractivity contribution in [1.29, 1.82) is 0 Å². The molecule has 0 radical (unpaired) electrons. The van der Waals surface area contributed by atoms with Crippen LogP contribution in [-0.2, 0) is 7.86 Å².